The van der Waals surface area contributed by atoms with Gasteiger partial charge in [0, 0.05) is 47.1 Å². The number of oxime groups is 2. The number of carbonyl (C=O) groups is 2. The maximum atomic E-state index is 10.7. The third kappa shape index (κ3) is 30.3. The number of nitrogens with two attached hydrogens (primary N) is 6. The minimum Gasteiger partial charge on any atom is -0.850 e. The standard InChI is InChI=1S/C21H18N6O3.C21H18N6O.C21H12N4O.C14H9NO2.C7H6BNO2.C7H5BrO2.C7H7N3.C4H9O.CH3.K.Pd/c22-19(26-29)13-3-1-2-11(8-13)12-5-7-18(28)15(9-12)21-24-16-6-4-14(20(23)27-30)10-17(16)25-21;22-19(23)13-3-1-2-11(8-13)12-5-7-18(28)15(9-12)21-26-16-6-4-14(20(24)25)10-17(16)27-21;22-11-13-2-1-3-15(8-13)16-5-7-20(26)17(10-16)21-24-18-6-4-14(12-23)9-19(18)25-21;15-8-10-2-1-3-11(6-10)12-4-5-14(17)13(7-12)9-16;9-5-6-2-1-3-7(4-6)8(10)11;8-6-1-2-7(10)5(3-6)4-9;8-4-5-1-2-6(9)7(10)3-5;1-4(2,3)5;;;/h1-10,28-30H,(H2,22,26)(H2,23,27)(H,24,25);1-10,28H,(H3,22,23)(H3,24,25)(H,26,27);1-10,26H,(H,24,25);1-7,9,17H;1-4,10-11H;1-4,10H;1-3H,9-10H2;1-3H3;1H3;;/q;;;;;;;2*-1;+1;. The Bertz CT molecular complexity index is 7680. The van der Waals surface area contributed by atoms with Crippen molar-refractivity contribution in [2.45, 2.75) is 26.4 Å². The van der Waals surface area contributed by atoms with Gasteiger partial charge in [0.2, 0.25) is 0 Å². The predicted octanol–water partition coefficient (Wildman–Crippen LogP) is 12.6. The van der Waals surface area contributed by atoms with Crippen molar-refractivity contribution in [3.63, 3.8) is 0 Å². The van der Waals surface area contributed by atoms with E-state index in [0.717, 1.165) is 65.5 Å². The Labute approximate surface area is 867 Å². The second kappa shape index (κ2) is 51.7. The molecule has 0 amide bonds. The number of H-pyrrole nitrogens is 3. The number of phenolic OH excluding ortho intramolecular Hbond substituents is 5. The number of imidazole rings is 3. The number of rotatable bonds is 14. The van der Waals surface area contributed by atoms with Gasteiger partial charge in [-0.2, -0.15) is 26.3 Å². The quantitative estimate of drug-likeness (QED) is 0.00702. The third-order valence-corrected chi connectivity index (χ3v) is 20.1. The predicted molar refractivity (Wildman–Crippen MR) is 534 cm³/mol. The molecule has 0 saturated carbocycles. The third-order valence-electron chi connectivity index (χ3n) is 19.6. The van der Waals surface area contributed by atoms with Gasteiger partial charge in [-0.25, -0.2) is 15.0 Å². The summed E-state index contributed by atoms with van der Waals surface area (Å²) in [6.07, 6.45) is 1.22. The van der Waals surface area contributed by atoms with Crippen LogP contribution in [-0.4, -0.2) is 125 Å². The van der Waals surface area contributed by atoms with Gasteiger partial charge in [-0.15, -0.1) is 5.60 Å². The molecule has 33 nitrogen and oxygen atoms in total. The van der Waals surface area contributed by atoms with Crippen molar-refractivity contribution < 1.29 is 132 Å². The van der Waals surface area contributed by atoms with Crippen molar-refractivity contribution in [3.05, 3.63) is 358 Å². The molecule has 0 aliphatic heterocycles. The molecule has 0 radical (unpaired) electrons. The maximum Gasteiger partial charge on any atom is 1.00 e. The Balaban J connectivity index is 0.000000227. The molecule has 0 fully saturated rings. The van der Waals surface area contributed by atoms with Gasteiger partial charge in [-0.3, -0.25) is 20.4 Å². The molecule has 0 aliphatic rings. The zero-order valence-corrected chi connectivity index (χ0v) is 81.5. The summed E-state index contributed by atoms with van der Waals surface area (Å²) in [5.41, 5.74) is 52.0. The van der Waals surface area contributed by atoms with Gasteiger partial charge >= 0.3 is 58.5 Å². The molecule has 17 aromatic rings. The molecule has 0 spiro atoms. The second-order valence-electron chi connectivity index (χ2n) is 30.5. The number of nitrogen functional groups attached to an aromatic ring is 4. The van der Waals surface area contributed by atoms with Crippen LogP contribution < -0.4 is 96.4 Å². The van der Waals surface area contributed by atoms with E-state index in [1.165, 1.54) is 18.2 Å². The van der Waals surface area contributed by atoms with Crippen LogP contribution in [-0.2, 0) is 20.4 Å². The SMILES string of the molecule is CC(C)(C)[O-].N#Cc1ccc(N)c(N)c1.N#Cc1cccc(-c2ccc(O)c(-c3nc4ccc(C#N)cc4[nH]3)c2)c1.N#Cc1cccc(-c2ccc(O)c(C=O)c2)c1.N#Cc1cccc(B(O)O)c1.N/C(=N\O)c1cccc(-c2ccc(O)c(-c3nc4ccc(/C(N)=N/O)cc4[nH]3)c2)c1.N=C(N)c1cccc(-c2ccc(O)c(-c3nc4ccc(C(=N)N)cc4[nH]3)c2)c1.O=Cc1cc(Br)ccc1O.[CH3-].[K+].[Pd]. The minimum absolute atomic E-state index is 0. The fraction of sp³-hybridized carbons (Fsp3) is 0.0388. The van der Waals surface area contributed by atoms with Crippen LogP contribution in [0.4, 0.5) is 11.4 Å². The Morgan fingerprint density at radius 1 is 0.400 bits per heavy atom. The second-order valence-corrected chi connectivity index (χ2v) is 31.4. The van der Waals surface area contributed by atoms with Crippen molar-refractivity contribution in [1.82, 2.24) is 29.9 Å². The van der Waals surface area contributed by atoms with Gasteiger partial charge in [-0.1, -0.05) is 144 Å². The van der Waals surface area contributed by atoms with Crippen molar-refractivity contribution >= 4 is 109 Å². The van der Waals surface area contributed by atoms with E-state index in [-0.39, 0.29) is 137 Å². The largest absolute Gasteiger partial charge is 1.00 e. The first kappa shape index (κ1) is 110. The van der Waals surface area contributed by atoms with Crippen LogP contribution >= 0.6 is 15.9 Å². The van der Waals surface area contributed by atoms with Crippen LogP contribution in [0.2, 0.25) is 0 Å². The molecule has 0 atom stereocenters. The topological polar surface area (TPSA) is 673 Å². The number of halogens is 1. The van der Waals surface area contributed by atoms with Crippen molar-refractivity contribution in [2.75, 3.05) is 11.5 Å². The smallest absolute Gasteiger partial charge is 0.850 e. The van der Waals surface area contributed by atoms with Crippen molar-refractivity contribution in [1.29, 1.82) is 37.1 Å². The first-order valence-electron chi connectivity index (χ1n) is 40.7. The molecule has 17 rings (SSSR count). The molecule has 3 heterocycles. The molecule has 0 unspecified atom stereocenters. The van der Waals surface area contributed by atoms with E-state index in [1.54, 1.807) is 233 Å². The van der Waals surface area contributed by atoms with Crippen LogP contribution in [0, 0.1) is 74.9 Å². The summed E-state index contributed by atoms with van der Waals surface area (Å²) in [6, 6.07) is 90.7. The number of nitrogens with one attached hydrogen (secondary N) is 5. The summed E-state index contributed by atoms with van der Waals surface area (Å²) < 4.78 is 0.785. The van der Waals surface area contributed by atoms with Crippen LogP contribution in [0.1, 0.15) is 91.6 Å². The van der Waals surface area contributed by atoms with Crippen LogP contribution in [0.5, 0.6) is 28.7 Å². The van der Waals surface area contributed by atoms with Gasteiger partial charge in [0.05, 0.1) is 130 Å². The number of aromatic nitrogens is 6. The number of phenols is 5. The van der Waals surface area contributed by atoms with E-state index < -0.39 is 12.7 Å². The van der Waals surface area contributed by atoms with Gasteiger partial charge in [0.15, 0.2) is 24.2 Å². The van der Waals surface area contributed by atoms with Gasteiger partial charge in [0.1, 0.15) is 57.9 Å². The Hall–Kier alpha value is -16.9. The first-order chi connectivity index (χ1) is 65.5. The van der Waals surface area contributed by atoms with Crippen molar-refractivity contribution in [2.24, 2.45) is 33.2 Å². The molecule has 37 heteroatoms. The molecule has 26 N–H and O–H groups in total. The number of nitriles is 5. The van der Waals surface area contributed by atoms with E-state index in [1.807, 2.05) is 66.7 Å². The number of aromatic amines is 3. The zero-order valence-electron chi connectivity index (χ0n) is 75.2. The fourth-order valence-electron chi connectivity index (χ4n) is 12.8. The van der Waals surface area contributed by atoms with Gasteiger partial charge in [0.25, 0.3) is 0 Å². The van der Waals surface area contributed by atoms with E-state index in [0.29, 0.717) is 136 Å². The van der Waals surface area contributed by atoms with E-state index >= 15 is 0 Å². The number of amidine groups is 4. The number of hydrogen-bond acceptors (Lipinski definition) is 26. The molecular formula is C103H87BBrKN21O12Pd-. The number of hydrogen-bond donors (Lipinski definition) is 20. The number of nitrogens with zero attached hydrogens (tertiary/aromatic N) is 10. The number of aldehydes is 2. The molecule has 14 aromatic carbocycles. The number of anilines is 2. The summed E-state index contributed by atoms with van der Waals surface area (Å²) in [4.78, 5) is 44.0. The molecule has 140 heavy (non-hydrogen) atoms. The number of aromatic hydroxyl groups is 5. The fourth-order valence-corrected chi connectivity index (χ4v) is 13.1. The normalized spacial score (nSPS) is 10.3. The summed E-state index contributed by atoms with van der Waals surface area (Å²) in [7, 11) is -1.50. The Morgan fingerprint density at radius 2 is 0.714 bits per heavy atom. The summed E-state index contributed by atoms with van der Waals surface area (Å²) in [6.45, 7) is 4.90. The molecular weight excluding hydrogens is 1960 g/mol. The summed E-state index contributed by atoms with van der Waals surface area (Å²) in [5, 5.41) is 160. The monoisotopic (exact) mass is 2040 g/mol. The minimum atomic E-state index is -1.50. The average Bonchev–Trinajstić information content (AvgIpc) is 1.65. The molecule has 0 aliphatic carbocycles. The maximum absolute atomic E-state index is 10.7. The van der Waals surface area contributed by atoms with Crippen molar-refractivity contribution in [3.8, 4) is 138 Å². The zero-order chi connectivity index (χ0) is 99.3. The molecule has 0 saturated heterocycles. The Kier molecular flexibility index (Phi) is 40.6. The number of carbonyl (C=O) groups excluding carboxylic acids is 2. The van der Waals surface area contributed by atoms with Crippen LogP contribution in [0.3, 0.4) is 0 Å². The van der Waals surface area contributed by atoms with E-state index in [9.17, 15) is 35.1 Å². The van der Waals surface area contributed by atoms with E-state index in [4.69, 9.17) is 97.1 Å². The molecule has 698 valence electrons. The van der Waals surface area contributed by atoms with E-state index in [2.05, 4.69) is 74.4 Å². The molecule has 3 aromatic heterocycles. The summed E-state index contributed by atoms with van der Waals surface area (Å²) >= 11 is 3.17. The van der Waals surface area contributed by atoms with Crippen LogP contribution in [0.25, 0.3) is 112 Å². The first-order valence-corrected chi connectivity index (χ1v) is 41.4. The molecule has 0 bridgehead atoms. The summed E-state index contributed by atoms with van der Waals surface area (Å²) in [5.74, 6) is 1.70. The number of benzene rings is 14. The van der Waals surface area contributed by atoms with Gasteiger partial charge < -0.3 is 108 Å². The number of fused-ring (bicyclic) bond motifs is 3. The van der Waals surface area contributed by atoms with Crippen LogP contribution in [0.15, 0.2) is 300 Å². The average molecular weight is 2050 g/mol. The Morgan fingerprint density at radius 3 is 1.12 bits per heavy atom. The van der Waals surface area contributed by atoms with Gasteiger partial charge in [-0.05, 0) is 238 Å².